The number of hydrogen-bond donors (Lipinski definition) is 0. The Kier molecular flexibility index (Phi) is 80.1. The average molecular weight is 86.1 g/mol. The molecular formula is C2H7NaO2. The molecule has 0 amide bonds. The van der Waals surface area contributed by atoms with Crippen molar-refractivity contribution in [3.05, 3.63) is 0 Å². The molecule has 0 bridgehead atoms. The molecule has 2 N–H and O–H groups in total. The maximum absolute atomic E-state index is 8.81. The van der Waals surface area contributed by atoms with E-state index >= 15 is 0 Å². The van der Waals surface area contributed by atoms with Gasteiger partial charge in [0.15, 0.2) is 0 Å². The predicted molar refractivity (Wildman–Crippen MR) is 22.5 cm³/mol. The van der Waals surface area contributed by atoms with Crippen molar-refractivity contribution in [1.29, 1.82) is 0 Å². The van der Waals surface area contributed by atoms with Crippen molar-refractivity contribution in [2.24, 2.45) is 0 Å². The summed E-state index contributed by atoms with van der Waals surface area (Å²) in [6.45, 7) is 1.44. The van der Waals surface area contributed by atoms with Crippen molar-refractivity contribution in [1.82, 2.24) is 0 Å². The Hall–Kier alpha value is 0.630. The van der Waals surface area contributed by atoms with Gasteiger partial charge in [0.05, 0.1) is 0 Å². The monoisotopic (exact) mass is 86.0 g/mol. The molecule has 0 atom stereocenters. The van der Waals surface area contributed by atoms with Gasteiger partial charge < -0.3 is 10.3 Å². The Morgan fingerprint density at radius 3 is 1.60 bits per heavy atom. The van der Waals surface area contributed by atoms with Gasteiger partial charge in [0.25, 0.3) is 0 Å². The van der Waals surface area contributed by atoms with Gasteiger partial charge in [0, 0.05) is 0 Å². The third-order valence-corrected chi connectivity index (χ3v) is 0. The van der Waals surface area contributed by atoms with E-state index in [2.05, 4.69) is 0 Å². The van der Waals surface area contributed by atoms with E-state index in [1.54, 1.807) is 0 Å². The zero-order valence-corrected chi connectivity index (χ0v) is 2.49. The first-order valence-corrected chi connectivity index (χ1v) is 0.813. The fraction of sp³-hybridized carbons (Fsp3) is 0.500. The van der Waals surface area contributed by atoms with Crippen LogP contribution >= 0.6 is 0 Å². The number of carbonyl (C=O) groups excluding carboxylic acids is 1. The zero-order chi connectivity index (χ0) is 2.71. The molecule has 0 aliphatic heterocycles. The maximum atomic E-state index is 8.81. The molecule has 0 aromatic rings. The second-order valence-electron chi connectivity index (χ2n) is 0.236. The van der Waals surface area contributed by atoms with Crippen molar-refractivity contribution < 1.29 is 10.3 Å². The van der Waals surface area contributed by atoms with Gasteiger partial charge in [-0.3, -0.25) is 0 Å². The summed E-state index contributed by atoms with van der Waals surface area (Å²) in [6, 6.07) is 0. The summed E-state index contributed by atoms with van der Waals surface area (Å²) in [7, 11) is 0. The molecular weight excluding hydrogens is 79.0 g/mol. The van der Waals surface area contributed by atoms with Crippen LogP contribution in [0.1, 0.15) is 6.92 Å². The van der Waals surface area contributed by atoms with Crippen molar-refractivity contribution in [3.63, 3.8) is 0 Å². The van der Waals surface area contributed by atoms with E-state index in [0.717, 1.165) is 6.29 Å². The van der Waals surface area contributed by atoms with Gasteiger partial charge in [-0.25, -0.2) is 0 Å². The van der Waals surface area contributed by atoms with E-state index in [1.807, 2.05) is 0 Å². The van der Waals surface area contributed by atoms with Crippen LogP contribution in [0.4, 0.5) is 0 Å². The van der Waals surface area contributed by atoms with Crippen LogP contribution in [0.15, 0.2) is 0 Å². The molecule has 0 spiro atoms. The SMILES string of the molecule is CC=O.O.[NaH]. The van der Waals surface area contributed by atoms with Gasteiger partial charge in [-0.2, -0.15) is 0 Å². The number of hydrogen-bond acceptors (Lipinski definition) is 1. The molecule has 0 aliphatic carbocycles. The molecule has 0 fully saturated rings. The summed E-state index contributed by atoms with van der Waals surface area (Å²) in [5.41, 5.74) is 0. The fourth-order valence-electron chi connectivity index (χ4n) is 0. The molecule has 0 heterocycles. The van der Waals surface area contributed by atoms with Crippen LogP contribution in [0, 0.1) is 0 Å². The van der Waals surface area contributed by atoms with Crippen LogP contribution in [0.25, 0.3) is 0 Å². The third-order valence-electron chi connectivity index (χ3n) is 0. The van der Waals surface area contributed by atoms with E-state index in [-0.39, 0.29) is 35.0 Å². The summed E-state index contributed by atoms with van der Waals surface area (Å²) in [6.07, 6.45) is 0.750. The van der Waals surface area contributed by atoms with Crippen molar-refractivity contribution in [2.45, 2.75) is 6.92 Å². The summed E-state index contributed by atoms with van der Waals surface area (Å²) in [5, 5.41) is 0. The Bertz CT molecular complexity index is 15.1. The topological polar surface area (TPSA) is 48.6 Å². The van der Waals surface area contributed by atoms with Crippen molar-refractivity contribution in [3.8, 4) is 0 Å². The van der Waals surface area contributed by atoms with E-state index in [0.29, 0.717) is 0 Å². The third kappa shape index (κ3) is 80.7. The number of aldehydes is 1. The van der Waals surface area contributed by atoms with Gasteiger partial charge in [-0.15, -0.1) is 0 Å². The Balaban J connectivity index is -0.0000000200. The van der Waals surface area contributed by atoms with E-state index in [4.69, 9.17) is 4.79 Å². The van der Waals surface area contributed by atoms with Crippen LogP contribution in [0.3, 0.4) is 0 Å². The fourth-order valence-corrected chi connectivity index (χ4v) is 0. The first-order valence-electron chi connectivity index (χ1n) is 0.813. The Labute approximate surface area is 53.2 Å². The van der Waals surface area contributed by atoms with Gasteiger partial charge in [-0.1, -0.05) is 0 Å². The number of rotatable bonds is 0. The summed E-state index contributed by atoms with van der Waals surface area (Å²) >= 11 is 0. The van der Waals surface area contributed by atoms with E-state index in [9.17, 15) is 0 Å². The molecule has 0 aromatic carbocycles. The zero-order valence-electron chi connectivity index (χ0n) is 2.49. The first-order chi connectivity index (χ1) is 1.41. The molecule has 3 heteroatoms. The van der Waals surface area contributed by atoms with Gasteiger partial charge in [0.2, 0.25) is 0 Å². The first kappa shape index (κ1) is 17.4. The Morgan fingerprint density at radius 2 is 1.60 bits per heavy atom. The van der Waals surface area contributed by atoms with Crippen LogP contribution in [0.5, 0.6) is 0 Å². The van der Waals surface area contributed by atoms with Gasteiger partial charge in [0.1, 0.15) is 6.29 Å². The van der Waals surface area contributed by atoms with E-state index < -0.39 is 0 Å². The van der Waals surface area contributed by atoms with E-state index in [1.165, 1.54) is 6.92 Å². The minimum absolute atomic E-state index is 0. The summed E-state index contributed by atoms with van der Waals surface area (Å²) in [5.74, 6) is 0. The summed E-state index contributed by atoms with van der Waals surface area (Å²) in [4.78, 5) is 8.81. The van der Waals surface area contributed by atoms with Crippen LogP contribution < -0.4 is 0 Å². The van der Waals surface area contributed by atoms with Gasteiger partial charge in [-0.05, 0) is 6.92 Å². The molecule has 0 saturated carbocycles. The summed E-state index contributed by atoms with van der Waals surface area (Å²) < 4.78 is 0. The quantitative estimate of drug-likeness (QED) is 0.268. The molecule has 0 radical (unpaired) electrons. The standard InChI is InChI=1S/C2H4O.Na.H2O.H/c1-2-3;;;/h2H,1H3;;1H2;. The normalized spacial score (nSPS) is 2.60. The molecule has 0 saturated heterocycles. The second kappa shape index (κ2) is 23.0. The molecule has 0 unspecified atom stereocenters. The van der Waals surface area contributed by atoms with Crippen molar-refractivity contribution >= 4 is 35.8 Å². The number of carbonyl (C=O) groups is 1. The Morgan fingerprint density at radius 1 is 1.60 bits per heavy atom. The average Bonchev–Trinajstić information content (AvgIpc) is 0.918. The molecule has 2 nitrogen and oxygen atoms in total. The minimum atomic E-state index is 0. The van der Waals surface area contributed by atoms with Crippen molar-refractivity contribution in [2.75, 3.05) is 0 Å². The predicted octanol–water partition coefficient (Wildman–Crippen LogP) is -1.27. The molecule has 5 heavy (non-hydrogen) atoms. The van der Waals surface area contributed by atoms with Crippen LogP contribution in [0.2, 0.25) is 0 Å². The molecule has 0 rings (SSSR count). The van der Waals surface area contributed by atoms with Gasteiger partial charge >= 0.3 is 29.6 Å². The van der Waals surface area contributed by atoms with Crippen LogP contribution in [-0.4, -0.2) is 41.3 Å². The molecule has 0 aliphatic rings. The van der Waals surface area contributed by atoms with Crippen LogP contribution in [-0.2, 0) is 4.79 Å². The molecule has 0 aromatic heterocycles. The molecule has 28 valence electrons. The second-order valence-corrected chi connectivity index (χ2v) is 0.236.